The van der Waals surface area contributed by atoms with Crippen LogP contribution in [0.25, 0.3) is 0 Å². The van der Waals surface area contributed by atoms with Crippen molar-refractivity contribution in [1.82, 2.24) is 10.2 Å². The molecule has 4 nitrogen and oxygen atoms in total. The summed E-state index contributed by atoms with van der Waals surface area (Å²) in [6.07, 6.45) is 0.774. The van der Waals surface area contributed by atoms with Crippen LogP contribution < -0.4 is 5.32 Å². The molecule has 2 rings (SSSR count). The van der Waals surface area contributed by atoms with E-state index in [9.17, 15) is 4.79 Å². The Hall–Kier alpha value is -1.39. The number of carbonyl (C=O) groups excluding carboxylic acids is 1. The van der Waals surface area contributed by atoms with Gasteiger partial charge in [-0.2, -0.15) is 0 Å². The Morgan fingerprint density at radius 1 is 1.38 bits per heavy atom. The summed E-state index contributed by atoms with van der Waals surface area (Å²) >= 11 is 0. The molecule has 21 heavy (non-hydrogen) atoms. The van der Waals surface area contributed by atoms with E-state index < -0.39 is 0 Å². The minimum atomic E-state index is -0.115. The second-order valence-electron chi connectivity index (χ2n) is 6.08. The molecule has 0 aliphatic carbocycles. The standard InChI is InChI=1S/C17H26N2O2/c1-13(2)12-19(8-9-21-3)17(20)16-10-14-6-4-5-7-15(14)11-18-16/h4-7,13,16,18H,8-12H2,1-3H3/t16-/m1/s1. The molecule has 4 heteroatoms. The van der Waals surface area contributed by atoms with E-state index in [4.69, 9.17) is 4.74 Å². The minimum Gasteiger partial charge on any atom is -0.383 e. The van der Waals surface area contributed by atoms with Crippen LogP contribution in [0.4, 0.5) is 0 Å². The summed E-state index contributed by atoms with van der Waals surface area (Å²) in [5, 5.41) is 3.37. The first-order chi connectivity index (χ1) is 10.1. The van der Waals surface area contributed by atoms with Crippen LogP contribution in [0.1, 0.15) is 25.0 Å². The maximum atomic E-state index is 12.8. The Morgan fingerprint density at radius 3 is 2.76 bits per heavy atom. The van der Waals surface area contributed by atoms with Crippen molar-refractivity contribution in [3.05, 3.63) is 35.4 Å². The molecule has 1 aromatic rings. The van der Waals surface area contributed by atoms with Crippen molar-refractivity contribution in [3.63, 3.8) is 0 Å². The molecule has 1 aromatic carbocycles. The van der Waals surface area contributed by atoms with E-state index in [0.29, 0.717) is 19.1 Å². The van der Waals surface area contributed by atoms with Crippen LogP contribution in [-0.2, 0) is 22.5 Å². The lowest BCUT2D eigenvalue weighted by atomic mass is 9.95. The number of hydrogen-bond acceptors (Lipinski definition) is 3. The molecule has 1 heterocycles. The number of hydrogen-bond donors (Lipinski definition) is 1. The Morgan fingerprint density at radius 2 is 2.10 bits per heavy atom. The normalized spacial score (nSPS) is 17.6. The van der Waals surface area contributed by atoms with Gasteiger partial charge in [0.05, 0.1) is 12.6 Å². The highest BCUT2D eigenvalue weighted by Gasteiger charge is 2.28. The summed E-state index contributed by atoms with van der Waals surface area (Å²) in [6.45, 7) is 7.07. The molecule has 116 valence electrons. The van der Waals surface area contributed by atoms with Crippen molar-refractivity contribution in [1.29, 1.82) is 0 Å². The van der Waals surface area contributed by atoms with Crippen LogP contribution in [-0.4, -0.2) is 43.7 Å². The summed E-state index contributed by atoms with van der Waals surface area (Å²) < 4.78 is 5.13. The molecule has 0 radical (unpaired) electrons. The van der Waals surface area contributed by atoms with Gasteiger partial charge in [0, 0.05) is 26.7 Å². The molecule has 1 amide bonds. The number of fused-ring (bicyclic) bond motifs is 1. The zero-order chi connectivity index (χ0) is 15.2. The molecular formula is C17H26N2O2. The molecule has 0 spiro atoms. The molecule has 1 N–H and O–H groups in total. The highest BCUT2D eigenvalue weighted by molar-refractivity contribution is 5.82. The fourth-order valence-corrected chi connectivity index (χ4v) is 2.78. The first-order valence-corrected chi connectivity index (χ1v) is 7.69. The number of benzene rings is 1. The van der Waals surface area contributed by atoms with E-state index in [2.05, 4.69) is 31.3 Å². The Labute approximate surface area is 127 Å². The van der Waals surface area contributed by atoms with E-state index in [-0.39, 0.29) is 11.9 Å². The van der Waals surface area contributed by atoms with Crippen molar-refractivity contribution in [2.24, 2.45) is 5.92 Å². The average molecular weight is 290 g/mol. The van der Waals surface area contributed by atoms with E-state index in [1.807, 2.05) is 17.0 Å². The molecule has 0 saturated heterocycles. The van der Waals surface area contributed by atoms with Gasteiger partial charge in [-0.15, -0.1) is 0 Å². The quantitative estimate of drug-likeness (QED) is 0.869. The number of rotatable bonds is 6. The van der Waals surface area contributed by atoms with Gasteiger partial charge in [-0.3, -0.25) is 4.79 Å². The van der Waals surface area contributed by atoms with Crippen molar-refractivity contribution in [3.8, 4) is 0 Å². The maximum absolute atomic E-state index is 12.8. The van der Waals surface area contributed by atoms with E-state index in [1.165, 1.54) is 11.1 Å². The van der Waals surface area contributed by atoms with Crippen LogP contribution in [0, 0.1) is 5.92 Å². The Balaban J connectivity index is 2.03. The topological polar surface area (TPSA) is 41.6 Å². The summed E-state index contributed by atoms with van der Waals surface area (Å²) in [5.41, 5.74) is 2.58. The molecule has 0 unspecified atom stereocenters. The van der Waals surface area contributed by atoms with Gasteiger partial charge in [-0.1, -0.05) is 38.1 Å². The molecule has 1 aliphatic rings. The third-order valence-electron chi connectivity index (χ3n) is 3.84. The van der Waals surface area contributed by atoms with Gasteiger partial charge in [-0.25, -0.2) is 0 Å². The number of amides is 1. The van der Waals surface area contributed by atoms with Gasteiger partial charge < -0.3 is 15.0 Å². The molecule has 1 atom stereocenters. The predicted octanol–water partition coefficient (Wildman–Crippen LogP) is 1.83. The number of carbonyl (C=O) groups is 1. The molecule has 0 saturated carbocycles. The van der Waals surface area contributed by atoms with Crippen LogP contribution in [0.3, 0.4) is 0 Å². The summed E-state index contributed by atoms with van der Waals surface area (Å²) in [7, 11) is 1.67. The van der Waals surface area contributed by atoms with Crippen molar-refractivity contribution in [2.75, 3.05) is 26.8 Å². The van der Waals surface area contributed by atoms with Crippen LogP contribution in [0.15, 0.2) is 24.3 Å². The fraction of sp³-hybridized carbons (Fsp3) is 0.588. The largest absolute Gasteiger partial charge is 0.383 e. The van der Waals surface area contributed by atoms with Gasteiger partial charge >= 0.3 is 0 Å². The zero-order valence-corrected chi connectivity index (χ0v) is 13.3. The molecule has 1 aliphatic heterocycles. The third kappa shape index (κ3) is 4.29. The van der Waals surface area contributed by atoms with Crippen molar-refractivity contribution >= 4 is 5.91 Å². The second-order valence-corrected chi connectivity index (χ2v) is 6.08. The highest BCUT2D eigenvalue weighted by Crippen LogP contribution is 2.17. The van der Waals surface area contributed by atoms with E-state index in [0.717, 1.165) is 19.5 Å². The lowest BCUT2D eigenvalue weighted by molar-refractivity contribution is -0.134. The Kier molecular flexibility index (Phi) is 5.76. The van der Waals surface area contributed by atoms with Gasteiger partial charge in [0.1, 0.15) is 0 Å². The van der Waals surface area contributed by atoms with Gasteiger partial charge in [0.2, 0.25) is 5.91 Å². The van der Waals surface area contributed by atoms with Gasteiger partial charge in [-0.05, 0) is 23.5 Å². The van der Waals surface area contributed by atoms with Gasteiger partial charge in [0.15, 0.2) is 0 Å². The molecular weight excluding hydrogens is 264 g/mol. The van der Waals surface area contributed by atoms with Crippen molar-refractivity contribution in [2.45, 2.75) is 32.9 Å². The minimum absolute atomic E-state index is 0.115. The SMILES string of the molecule is COCCN(CC(C)C)C(=O)[C@H]1Cc2ccccc2CN1. The molecule has 0 bridgehead atoms. The Bertz CT molecular complexity index is 474. The number of methoxy groups -OCH3 is 1. The van der Waals surface area contributed by atoms with E-state index in [1.54, 1.807) is 7.11 Å². The summed E-state index contributed by atoms with van der Waals surface area (Å²) in [6, 6.07) is 8.23. The zero-order valence-electron chi connectivity index (χ0n) is 13.3. The van der Waals surface area contributed by atoms with Crippen LogP contribution in [0.2, 0.25) is 0 Å². The highest BCUT2D eigenvalue weighted by atomic mass is 16.5. The maximum Gasteiger partial charge on any atom is 0.240 e. The first-order valence-electron chi connectivity index (χ1n) is 7.69. The van der Waals surface area contributed by atoms with Gasteiger partial charge in [0.25, 0.3) is 0 Å². The third-order valence-corrected chi connectivity index (χ3v) is 3.84. The lowest BCUT2D eigenvalue weighted by Crippen LogP contribution is -2.51. The van der Waals surface area contributed by atoms with Crippen LogP contribution >= 0.6 is 0 Å². The summed E-state index contributed by atoms with van der Waals surface area (Å²) in [4.78, 5) is 14.7. The fourth-order valence-electron chi connectivity index (χ4n) is 2.78. The molecule has 0 aromatic heterocycles. The summed E-state index contributed by atoms with van der Waals surface area (Å²) in [5.74, 6) is 0.650. The predicted molar refractivity (Wildman–Crippen MR) is 84.1 cm³/mol. The second kappa shape index (κ2) is 7.57. The first kappa shape index (κ1) is 16.0. The molecule has 0 fully saturated rings. The van der Waals surface area contributed by atoms with E-state index >= 15 is 0 Å². The van der Waals surface area contributed by atoms with Crippen LogP contribution in [0.5, 0.6) is 0 Å². The number of nitrogens with one attached hydrogen (secondary N) is 1. The smallest absolute Gasteiger partial charge is 0.240 e. The monoisotopic (exact) mass is 290 g/mol. The number of ether oxygens (including phenoxy) is 1. The average Bonchev–Trinajstić information content (AvgIpc) is 2.50. The lowest BCUT2D eigenvalue weighted by Gasteiger charge is -2.32. The van der Waals surface area contributed by atoms with Crippen molar-refractivity contribution < 1.29 is 9.53 Å². The number of nitrogens with zero attached hydrogens (tertiary/aromatic N) is 1.